The van der Waals surface area contributed by atoms with Crippen molar-refractivity contribution in [1.82, 2.24) is 4.90 Å². The Morgan fingerprint density at radius 3 is 2.08 bits per heavy atom. The lowest BCUT2D eigenvalue weighted by Gasteiger charge is -2.35. The van der Waals surface area contributed by atoms with Gasteiger partial charge in [-0.15, -0.1) is 0 Å². The van der Waals surface area contributed by atoms with Gasteiger partial charge in [-0.3, -0.25) is 4.90 Å². The summed E-state index contributed by atoms with van der Waals surface area (Å²) in [6.07, 6.45) is 4.94. The number of rotatable bonds is 1. The molecule has 0 aliphatic carbocycles. The van der Waals surface area contributed by atoms with Gasteiger partial charge in [-0.25, -0.2) is 0 Å². The lowest BCUT2D eigenvalue weighted by Crippen LogP contribution is -2.47. The van der Waals surface area contributed by atoms with E-state index in [1.807, 2.05) is 0 Å². The molecule has 0 spiro atoms. The summed E-state index contributed by atoms with van der Waals surface area (Å²) in [7, 11) is 0. The van der Waals surface area contributed by atoms with Crippen LogP contribution in [0.3, 0.4) is 0 Å². The number of nitrogens with zero attached hydrogens (tertiary/aromatic N) is 1. The van der Waals surface area contributed by atoms with Gasteiger partial charge in [0.15, 0.2) is 0 Å². The van der Waals surface area contributed by atoms with Crippen LogP contribution < -0.4 is 0 Å². The Kier molecular flexibility index (Phi) is 1.92. The molecular weight excluding hydrogens is 150 g/mol. The summed E-state index contributed by atoms with van der Waals surface area (Å²) in [5.41, 5.74) is 0.179. The largest absolute Gasteiger partial charge is 0.394 e. The van der Waals surface area contributed by atoms with Gasteiger partial charge < -0.3 is 5.11 Å². The predicted octanol–water partition coefficient (Wildman–Crippen LogP) is 1.38. The van der Waals surface area contributed by atoms with Gasteiger partial charge in [-0.05, 0) is 39.5 Å². The summed E-state index contributed by atoms with van der Waals surface area (Å²) in [5, 5.41) is 9.42. The SMILES string of the molecule is CC1CCC2(CO)CCC(C)N12. The van der Waals surface area contributed by atoms with E-state index in [1.165, 1.54) is 25.7 Å². The molecule has 0 aromatic carbocycles. The Balaban J connectivity index is 2.23. The molecule has 2 aliphatic heterocycles. The minimum Gasteiger partial charge on any atom is -0.394 e. The van der Waals surface area contributed by atoms with Crippen molar-refractivity contribution in [1.29, 1.82) is 0 Å². The fraction of sp³-hybridized carbons (Fsp3) is 1.00. The van der Waals surface area contributed by atoms with Crippen molar-refractivity contribution >= 4 is 0 Å². The number of hydrogen-bond donors (Lipinski definition) is 1. The van der Waals surface area contributed by atoms with Crippen LogP contribution in [0.4, 0.5) is 0 Å². The molecular formula is C10H19NO. The van der Waals surface area contributed by atoms with E-state index in [4.69, 9.17) is 0 Å². The van der Waals surface area contributed by atoms with Crippen molar-refractivity contribution in [2.24, 2.45) is 0 Å². The third kappa shape index (κ3) is 0.944. The molecule has 1 N–H and O–H groups in total. The monoisotopic (exact) mass is 169 g/mol. The average Bonchev–Trinajstić information content (AvgIpc) is 2.55. The molecule has 2 aliphatic rings. The van der Waals surface area contributed by atoms with Crippen molar-refractivity contribution < 1.29 is 5.11 Å². The van der Waals surface area contributed by atoms with Crippen molar-refractivity contribution in [2.45, 2.75) is 57.2 Å². The van der Waals surface area contributed by atoms with Gasteiger partial charge in [0, 0.05) is 17.6 Å². The van der Waals surface area contributed by atoms with Crippen LogP contribution >= 0.6 is 0 Å². The minimum atomic E-state index is 0.179. The first kappa shape index (κ1) is 8.52. The fourth-order valence-corrected chi connectivity index (χ4v) is 3.23. The molecule has 2 atom stereocenters. The molecule has 0 bridgehead atoms. The van der Waals surface area contributed by atoms with Crippen LogP contribution in [0.15, 0.2) is 0 Å². The maximum Gasteiger partial charge on any atom is 0.0615 e. The summed E-state index contributed by atoms with van der Waals surface area (Å²) < 4.78 is 0. The highest BCUT2D eigenvalue weighted by Gasteiger charge is 2.50. The highest BCUT2D eigenvalue weighted by atomic mass is 16.3. The Morgan fingerprint density at radius 2 is 1.75 bits per heavy atom. The van der Waals surface area contributed by atoms with Crippen molar-refractivity contribution in [3.05, 3.63) is 0 Å². The van der Waals surface area contributed by atoms with Gasteiger partial charge in [0.05, 0.1) is 6.61 Å². The molecule has 0 aromatic heterocycles. The van der Waals surface area contributed by atoms with Crippen LogP contribution in [-0.2, 0) is 0 Å². The van der Waals surface area contributed by atoms with Crippen LogP contribution in [0.5, 0.6) is 0 Å². The van der Waals surface area contributed by atoms with E-state index in [2.05, 4.69) is 18.7 Å². The van der Waals surface area contributed by atoms with Crippen molar-refractivity contribution in [3.8, 4) is 0 Å². The van der Waals surface area contributed by atoms with E-state index < -0.39 is 0 Å². The molecule has 0 saturated carbocycles. The molecule has 2 heteroatoms. The Labute approximate surface area is 74.6 Å². The van der Waals surface area contributed by atoms with E-state index >= 15 is 0 Å². The predicted molar refractivity (Wildman–Crippen MR) is 49.0 cm³/mol. The van der Waals surface area contributed by atoms with Gasteiger partial charge in [0.25, 0.3) is 0 Å². The van der Waals surface area contributed by atoms with Crippen LogP contribution in [-0.4, -0.2) is 34.2 Å². The van der Waals surface area contributed by atoms with Crippen LogP contribution in [0.1, 0.15) is 39.5 Å². The Morgan fingerprint density at radius 1 is 1.25 bits per heavy atom. The summed E-state index contributed by atoms with van der Waals surface area (Å²) >= 11 is 0. The first-order valence-electron chi connectivity index (χ1n) is 5.09. The molecule has 2 nitrogen and oxygen atoms in total. The van der Waals surface area contributed by atoms with Gasteiger partial charge >= 0.3 is 0 Å². The second-order valence-corrected chi connectivity index (χ2v) is 4.57. The lowest BCUT2D eigenvalue weighted by molar-refractivity contribution is 0.0609. The highest BCUT2D eigenvalue weighted by molar-refractivity contribution is 5.05. The summed E-state index contributed by atoms with van der Waals surface area (Å²) in [6, 6.07) is 1.38. The fourth-order valence-electron chi connectivity index (χ4n) is 3.23. The Bertz CT molecular complexity index is 167. The third-order valence-corrected chi connectivity index (χ3v) is 3.85. The van der Waals surface area contributed by atoms with Gasteiger partial charge in [0.1, 0.15) is 0 Å². The molecule has 0 aromatic rings. The molecule has 2 saturated heterocycles. The molecule has 2 heterocycles. The normalized spacial score (nSPS) is 48.2. The first-order valence-corrected chi connectivity index (χ1v) is 5.09. The number of aliphatic hydroxyl groups is 1. The van der Waals surface area contributed by atoms with Gasteiger partial charge in [-0.1, -0.05) is 0 Å². The minimum absolute atomic E-state index is 0.179. The molecule has 12 heavy (non-hydrogen) atoms. The second-order valence-electron chi connectivity index (χ2n) is 4.57. The van der Waals surface area contributed by atoms with E-state index in [1.54, 1.807) is 0 Å². The molecule has 70 valence electrons. The zero-order valence-corrected chi connectivity index (χ0v) is 8.08. The quantitative estimate of drug-likeness (QED) is 0.641. The smallest absolute Gasteiger partial charge is 0.0615 e. The van der Waals surface area contributed by atoms with E-state index in [0.29, 0.717) is 18.7 Å². The molecule has 2 rings (SSSR count). The standard InChI is InChI=1S/C10H19NO/c1-8-3-5-10(7-12)6-4-9(2)11(8)10/h8-9,12H,3-7H2,1-2H3. The van der Waals surface area contributed by atoms with E-state index in [0.717, 1.165) is 0 Å². The Hall–Kier alpha value is -0.0800. The summed E-state index contributed by atoms with van der Waals surface area (Å²) in [5.74, 6) is 0. The molecule has 0 radical (unpaired) electrons. The second kappa shape index (κ2) is 2.71. The topological polar surface area (TPSA) is 23.5 Å². The maximum absolute atomic E-state index is 9.42. The zero-order chi connectivity index (χ0) is 8.77. The van der Waals surface area contributed by atoms with Crippen molar-refractivity contribution in [2.75, 3.05) is 6.61 Å². The van der Waals surface area contributed by atoms with Crippen LogP contribution in [0, 0.1) is 0 Å². The van der Waals surface area contributed by atoms with Gasteiger partial charge in [-0.2, -0.15) is 0 Å². The van der Waals surface area contributed by atoms with E-state index in [9.17, 15) is 5.11 Å². The summed E-state index contributed by atoms with van der Waals surface area (Å²) in [4.78, 5) is 2.55. The number of hydrogen-bond acceptors (Lipinski definition) is 2. The van der Waals surface area contributed by atoms with Crippen LogP contribution in [0.2, 0.25) is 0 Å². The van der Waals surface area contributed by atoms with Crippen LogP contribution in [0.25, 0.3) is 0 Å². The molecule has 2 fully saturated rings. The highest BCUT2D eigenvalue weighted by Crippen LogP contribution is 2.44. The zero-order valence-electron chi connectivity index (χ0n) is 8.08. The van der Waals surface area contributed by atoms with Gasteiger partial charge in [0.2, 0.25) is 0 Å². The first-order chi connectivity index (χ1) is 5.69. The molecule has 0 amide bonds. The van der Waals surface area contributed by atoms with E-state index in [-0.39, 0.29) is 5.54 Å². The van der Waals surface area contributed by atoms with Crippen molar-refractivity contribution in [3.63, 3.8) is 0 Å². The lowest BCUT2D eigenvalue weighted by atomic mass is 9.95. The summed E-state index contributed by atoms with van der Waals surface area (Å²) in [6.45, 7) is 4.94. The third-order valence-electron chi connectivity index (χ3n) is 3.85. The number of aliphatic hydroxyl groups excluding tert-OH is 1. The maximum atomic E-state index is 9.42. The number of fused-ring (bicyclic) bond motifs is 1. The molecule has 2 unspecified atom stereocenters. The average molecular weight is 169 g/mol.